The van der Waals surface area contributed by atoms with Gasteiger partial charge in [-0.05, 0) is 24.5 Å². The van der Waals surface area contributed by atoms with Crippen LogP contribution >= 0.6 is 12.6 Å². The zero-order valence-electron chi connectivity index (χ0n) is 17.7. The second-order valence-corrected chi connectivity index (χ2v) is 8.47. The topological polar surface area (TPSA) is 17.1 Å². The number of hydrogen-bond acceptors (Lipinski definition) is 1. The molecule has 0 bridgehead atoms. The summed E-state index contributed by atoms with van der Waals surface area (Å²) in [6.45, 7) is 2.29. The molecule has 0 radical (unpaired) electrons. The normalized spacial score (nSPS) is 11.0. The van der Waals surface area contributed by atoms with Gasteiger partial charge < -0.3 is 0 Å². The number of hydrogen-bond donors (Lipinski definition) is 1. The molecule has 1 aromatic rings. The Morgan fingerprint density at radius 1 is 0.704 bits per heavy atom. The van der Waals surface area contributed by atoms with Crippen molar-refractivity contribution in [3.05, 3.63) is 35.4 Å². The van der Waals surface area contributed by atoms with E-state index in [1.807, 2.05) is 18.2 Å². The summed E-state index contributed by atoms with van der Waals surface area (Å²) in [4.78, 5) is 11.3. The van der Waals surface area contributed by atoms with Crippen LogP contribution in [0.3, 0.4) is 0 Å². The van der Waals surface area contributed by atoms with Gasteiger partial charge in [0.15, 0.2) is 0 Å². The predicted octanol–water partition coefficient (Wildman–Crippen LogP) is 8.56. The average Bonchev–Trinajstić information content (AvgIpc) is 2.68. The average molecular weight is 391 g/mol. The number of carbonyl (C=O) groups is 1. The van der Waals surface area contributed by atoms with E-state index >= 15 is 0 Å². The highest BCUT2D eigenvalue weighted by atomic mass is 32.1. The van der Waals surface area contributed by atoms with Crippen LogP contribution < -0.4 is 0 Å². The fourth-order valence-electron chi connectivity index (χ4n) is 3.74. The van der Waals surface area contributed by atoms with Gasteiger partial charge in [-0.25, -0.2) is 0 Å². The Hall–Kier alpha value is -0.760. The van der Waals surface area contributed by atoms with Crippen molar-refractivity contribution in [2.24, 2.45) is 0 Å². The van der Waals surface area contributed by atoms with E-state index in [0.29, 0.717) is 5.56 Å². The summed E-state index contributed by atoms with van der Waals surface area (Å²) in [5, 5.41) is -0.135. The lowest BCUT2D eigenvalue weighted by atomic mass is 10.0. The van der Waals surface area contributed by atoms with Crippen LogP contribution in [0.4, 0.5) is 0 Å². The van der Waals surface area contributed by atoms with Crippen molar-refractivity contribution in [3.63, 3.8) is 0 Å². The predicted molar refractivity (Wildman–Crippen MR) is 123 cm³/mol. The van der Waals surface area contributed by atoms with E-state index in [2.05, 4.69) is 25.6 Å². The number of unbranched alkanes of at least 4 members (excludes halogenated alkanes) is 15. The summed E-state index contributed by atoms with van der Waals surface area (Å²) in [5.41, 5.74) is 1.98. The number of carbonyl (C=O) groups excluding carboxylic acids is 1. The molecule has 2 heteroatoms. The van der Waals surface area contributed by atoms with Crippen LogP contribution in [0.5, 0.6) is 0 Å². The van der Waals surface area contributed by atoms with E-state index in [-0.39, 0.29) is 5.12 Å². The van der Waals surface area contributed by atoms with Crippen LogP contribution in [-0.2, 0) is 6.42 Å². The molecule has 0 aromatic heterocycles. The molecule has 0 unspecified atom stereocenters. The minimum atomic E-state index is -0.135. The van der Waals surface area contributed by atoms with Crippen LogP contribution in [0.15, 0.2) is 24.3 Å². The molecule has 0 atom stereocenters. The third kappa shape index (κ3) is 14.0. The second-order valence-electron chi connectivity index (χ2n) is 8.06. The van der Waals surface area contributed by atoms with Gasteiger partial charge in [0.25, 0.3) is 0 Å². The van der Waals surface area contributed by atoms with Crippen molar-refractivity contribution >= 4 is 17.7 Å². The smallest absolute Gasteiger partial charge is 0.216 e. The summed E-state index contributed by atoms with van der Waals surface area (Å²) in [6, 6.07) is 7.91. The fraction of sp³-hybridized carbons (Fsp3) is 0.720. The molecule has 0 aliphatic rings. The minimum absolute atomic E-state index is 0.135. The first kappa shape index (κ1) is 24.3. The molecule has 0 fully saturated rings. The monoisotopic (exact) mass is 390 g/mol. The minimum Gasteiger partial charge on any atom is -0.282 e. The first-order valence-electron chi connectivity index (χ1n) is 11.6. The number of aryl methyl sites for hydroxylation is 1. The molecule has 1 aromatic carbocycles. The van der Waals surface area contributed by atoms with Crippen molar-refractivity contribution < 1.29 is 4.79 Å². The summed E-state index contributed by atoms with van der Waals surface area (Å²) < 4.78 is 0. The summed E-state index contributed by atoms with van der Waals surface area (Å²) in [6.07, 6.45) is 23.5. The molecule has 0 saturated carbocycles. The Morgan fingerprint density at radius 3 is 1.59 bits per heavy atom. The van der Waals surface area contributed by atoms with E-state index in [9.17, 15) is 4.79 Å². The van der Waals surface area contributed by atoms with Gasteiger partial charge in [0.2, 0.25) is 5.12 Å². The Bertz CT molecular complexity index is 483. The van der Waals surface area contributed by atoms with Gasteiger partial charge in [0.1, 0.15) is 0 Å². The molecule has 0 amide bonds. The Balaban J connectivity index is 1.83. The van der Waals surface area contributed by atoms with E-state index in [4.69, 9.17) is 0 Å². The molecule has 154 valence electrons. The van der Waals surface area contributed by atoms with Crippen LogP contribution in [0, 0.1) is 0 Å². The molecule has 0 aliphatic heterocycles. The maximum atomic E-state index is 11.3. The number of benzene rings is 1. The highest BCUT2D eigenvalue weighted by Crippen LogP contribution is 2.15. The van der Waals surface area contributed by atoms with Crippen LogP contribution in [0.2, 0.25) is 0 Å². The second kappa shape index (κ2) is 17.3. The fourth-order valence-corrected chi connectivity index (χ4v) is 3.88. The Labute approximate surface area is 174 Å². The molecule has 0 heterocycles. The molecule has 1 nitrogen and oxygen atoms in total. The van der Waals surface area contributed by atoms with Crippen LogP contribution in [0.25, 0.3) is 0 Å². The molecular formula is C25H42OS. The van der Waals surface area contributed by atoms with Crippen molar-refractivity contribution in [1.82, 2.24) is 0 Å². The van der Waals surface area contributed by atoms with Crippen molar-refractivity contribution in [3.8, 4) is 0 Å². The summed E-state index contributed by atoms with van der Waals surface area (Å²) >= 11 is 3.90. The first-order valence-corrected chi connectivity index (χ1v) is 12.0. The van der Waals surface area contributed by atoms with E-state index in [1.165, 1.54) is 108 Å². The zero-order chi connectivity index (χ0) is 19.6. The van der Waals surface area contributed by atoms with E-state index in [1.54, 1.807) is 0 Å². The third-order valence-corrected chi connectivity index (χ3v) is 5.75. The van der Waals surface area contributed by atoms with Crippen molar-refractivity contribution in [2.45, 2.75) is 116 Å². The standard InChI is InChI=1S/C25H42OS/c1-2-3-4-5-6-7-8-9-10-11-12-13-14-15-16-17-19-23-20-18-21-24(22-23)25(26)27/h18,20-22H,2-17,19H2,1H3,(H,26,27). The SMILES string of the molecule is CCCCCCCCCCCCCCCCCCc1cccc(C(=O)S)c1. The highest BCUT2D eigenvalue weighted by molar-refractivity contribution is 7.97. The lowest BCUT2D eigenvalue weighted by Crippen LogP contribution is -1.92. The van der Waals surface area contributed by atoms with E-state index in [0.717, 1.165) is 6.42 Å². The Morgan fingerprint density at radius 2 is 1.15 bits per heavy atom. The van der Waals surface area contributed by atoms with Crippen molar-refractivity contribution in [1.29, 1.82) is 0 Å². The van der Waals surface area contributed by atoms with Gasteiger partial charge in [-0.3, -0.25) is 4.79 Å². The molecule has 0 N–H and O–H groups in total. The van der Waals surface area contributed by atoms with Gasteiger partial charge in [-0.2, -0.15) is 0 Å². The molecule has 0 aliphatic carbocycles. The number of rotatable bonds is 18. The first-order chi connectivity index (χ1) is 13.2. The third-order valence-electron chi connectivity index (χ3n) is 5.49. The maximum absolute atomic E-state index is 11.3. The quantitative estimate of drug-likeness (QED) is 0.196. The van der Waals surface area contributed by atoms with Gasteiger partial charge in [0, 0.05) is 5.56 Å². The van der Waals surface area contributed by atoms with Crippen molar-refractivity contribution in [2.75, 3.05) is 0 Å². The van der Waals surface area contributed by atoms with Crippen LogP contribution in [0.1, 0.15) is 126 Å². The zero-order valence-corrected chi connectivity index (χ0v) is 18.6. The van der Waals surface area contributed by atoms with Gasteiger partial charge >= 0.3 is 0 Å². The van der Waals surface area contributed by atoms with E-state index < -0.39 is 0 Å². The molecule has 27 heavy (non-hydrogen) atoms. The molecule has 0 spiro atoms. The molecular weight excluding hydrogens is 348 g/mol. The lowest BCUT2D eigenvalue weighted by molar-refractivity contribution is 0.109. The van der Waals surface area contributed by atoms with Gasteiger partial charge in [-0.15, -0.1) is 12.6 Å². The largest absolute Gasteiger partial charge is 0.282 e. The van der Waals surface area contributed by atoms with Gasteiger partial charge in [-0.1, -0.05) is 121 Å². The number of thiol groups is 1. The summed E-state index contributed by atoms with van der Waals surface area (Å²) in [5.74, 6) is 0. The summed E-state index contributed by atoms with van der Waals surface area (Å²) in [7, 11) is 0. The molecule has 1 rings (SSSR count). The van der Waals surface area contributed by atoms with Gasteiger partial charge in [0.05, 0.1) is 0 Å². The molecule has 0 saturated heterocycles. The maximum Gasteiger partial charge on any atom is 0.216 e. The van der Waals surface area contributed by atoms with Crippen LogP contribution in [-0.4, -0.2) is 5.12 Å². The Kier molecular flexibility index (Phi) is 15.6. The highest BCUT2D eigenvalue weighted by Gasteiger charge is 2.01. The lowest BCUT2D eigenvalue weighted by Gasteiger charge is -2.05.